The second-order valence-corrected chi connectivity index (χ2v) is 8.48. The van der Waals surface area contributed by atoms with E-state index < -0.39 is 11.9 Å². The second kappa shape index (κ2) is 15.9. The summed E-state index contributed by atoms with van der Waals surface area (Å²) in [7, 11) is 0. The molecule has 0 aliphatic rings. The van der Waals surface area contributed by atoms with Crippen LogP contribution in [0.1, 0.15) is 136 Å². The fourth-order valence-electron chi connectivity index (χ4n) is 4.16. The average Bonchev–Trinajstić information content (AvgIpc) is 2.72. The fourth-order valence-corrected chi connectivity index (χ4v) is 4.16. The number of benzene rings is 1. The minimum Gasteiger partial charge on any atom is -0.478 e. The van der Waals surface area contributed by atoms with Gasteiger partial charge in [-0.05, 0) is 42.9 Å². The summed E-state index contributed by atoms with van der Waals surface area (Å²) >= 11 is 0. The van der Waals surface area contributed by atoms with Crippen molar-refractivity contribution >= 4 is 11.9 Å². The number of aryl methyl sites for hydroxylation is 1. The summed E-state index contributed by atoms with van der Waals surface area (Å²) in [5, 5.41) is 19.2. The molecule has 0 saturated carbocycles. The molecule has 0 fully saturated rings. The number of unbranched alkanes of at least 4 members (excludes halogenated alkanes) is 12. The van der Waals surface area contributed by atoms with Crippen molar-refractivity contribution in [2.45, 2.75) is 117 Å². The number of carboxylic acid groups (broad SMARTS) is 2. The summed E-state index contributed by atoms with van der Waals surface area (Å²) in [6, 6.07) is 3.32. The Morgan fingerprint density at radius 2 is 1.10 bits per heavy atom. The van der Waals surface area contributed by atoms with Crippen molar-refractivity contribution in [3.63, 3.8) is 0 Å². The Bertz CT molecular complexity index is 636. The monoisotopic (exact) mass is 418 g/mol. The third-order valence-electron chi connectivity index (χ3n) is 5.93. The normalized spacial score (nSPS) is 11.0. The van der Waals surface area contributed by atoms with Crippen LogP contribution in [0.2, 0.25) is 0 Å². The standard InChI is InChI=1S/C26H42O4/c1-3-5-7-9-10-11-12-13-14-16-18-22-21(17-15-8-6-4-2)19-20-23(25(27)28)24(22)26(29)30/h19-20H,3-18H2,1-2H3,(H,27,28)(H,29,30). The van der Waals surface area contributed by atoms with Gasteiger partial charge in [-0.15, -0.1) is 0 Å². The van der Waals surface area contributed by atoms with Crippen LogP contribution in [0.4, 0.5) is 0 Å². The number of aromatic carboxylic acids is 2. The lowest BCUT2D eigenvalue weighted by molar-refractivity contribution is 0.0650. The predicted molar refractivity (Wildman–Crippen MR) is 124 cm³/mol. The van der Waals surface area contributed by atoms with Crippen molar-refractivity contribution < 1.29 is 19.8 Å². The van der Waals surface area contributed by atoms with E-state index in [1.165, 1.54) is 63.9 Å². The van der Waals surface area contributed by atoms with Gasteiger partial charge in [0.15, 0.2) is 0 Å². The van der Waals surface area contributed by atoms with Gasteiger partial charge in [0, 0.05) is 0 Å². The van der Waals surface area contributed by atoms with Crippen LogP contribution >= 0.6 is 0 Å². The zero-order valence-corrected chi connectivity index (χ0v) is 19.2. The Morgan fingerprint density at radius 1 is 0.633 bits per heavy atom. The minimum atomic E-state index is -1.16. The summed E-state index contributed by atoms with van der Waals surface area (Å²) in [6.07, 6.45) is 18.2. The zero-order chi connectivity index (χ0) is 22.2. The zero-order valence-electron chi connectivity index (χ0n) is 19.2. The first-order chi connectivity index (χ1) is 14.5. The summed E-state index contributed by atoms with van der Waals surface area (Å²) < 4.78 is 0. The van der Waals surface area contributed by atoms with E-state index >= 15 is 0 Å². The molecule has 1 aromatic carbocycles. The molecule has 0 amide bonds. The van der Waals surface area contributed by atoms with Gasteiger partial charge in [-0.1, -0.05) is 97.0 Å². The van der Waals surface area contributed by atoms with Crippen LogP contribution in [0.15, 0.2) is 12.1 Å². The summed E-state index contributed by atoms with van der Waals surface area (Å²) in [5.41, 5.74) is 1.69. The van der Waals surface area contributed by atoms with Crippen molar-refractivity contribution in [3.05, 3.63) is 34.4 Å². The highest BCUT2D eigenvalue weighted by atomic mass is 16.4. The molecule has 0 atom stereocenters. The van der Waals surface area contributed by atoms with Crippen LogP contribution in [-0.4, -0.2) is 22.2 Å². The van der Waals surface area contributed by atoms with E-state index in [0.717, 1.165) is 49.7 Å². The van der Waals surface area contributed by atoms with Crippen molar-refractivity contribution in [1.82, 2.24) is 0 Å². The van der Waals surface area contributed by atoms with Crippen LogP contribution in [0, 0.1) is 0 Å². The Morgan fingerprint density at radius 3 is 1.60 bits per heavy atom. The van der Waals surface area contributed by atoms with E-state index in [1.807, 2.05) is 6.07 Å². The molecule has 0 spiro atoms. The Hall–Kier alpha value is -1.84. The molecular weight excluding hydrogens is 376 g/mol. The van der Waals surface area contributed by atoms with Gasteiger partial charge in [-0.25, -0.2) is 9.59 Å². The Balaban J connectivity index is 2.66. The smallest absolute Gasteiger partial charge is 0.336 e. The number of hydrogen-bond acceptors (Lipinski definition) is 2. The topological polar surface area (TPSA) is 74.6 Å². The molecule has 0 saturated heterocycles. The van der Waals surface area contributed by atoms with Crippen molar-refractivity contribution in [3.8, 4) is 0 Å². The Labute approximate surface area is 183 Å². The highest BCUT2D eigenvalue weighted by molar-refractivity contribution is 6.03. The van der Waals surface area contributed by atoms with Gasteiger partial charge in [-0.3, -0.25) is 0 Å². The van der Waals surface area contributed by atoms with Gasteiger partial charge in [0.25, 0.3) is 0 Å². The highest BCUT2D eigenvalue weighted by Crippen LogP contribution is 2.25. The second-order valence-electron chi connectivity index (χ2n) is 8.48. The predicted octanol–water partition coefficient (Wildman–Crippen LogP) is 7.67. The molecule has 170 valence electrons. The highest BCUT2D eigenvalue weighted by Gasteiger charge is 2.22. The number of carbonyl (C=O) groups is 2. The summed E-state index contributed by atoms with van der Waals surface area (Å²) in [6.45, 7) is 4.40. The molecule has 2 N–H and O–H groups in total. The molecule has 1 aromatic rings. The third-order valence-corrected chi connectivity index (χ3v) is 5.93. The van der Waals surface area contributed by atoms with Crippen molar-refractivity contribution in [1.29, 1.82) is 0 Å². The summed E-state index contributed by atoms with van der Waals surface area (Å²) in [4.78, 5) is 23.5. The van der Waals surface area contributed by atoms with Gasteiger partial charge in [-0.2, -0.15) is 0 Å². The van der Waals surface area contributed by atoms with Crippen LogP contribution < -0.4 is 0 Å². The van der Waals surface area contributed by atoms with Crippen molar-refractivity contribution in [2.24, 2.45) is 0 Å². The van der Waals surface area contributed by atoms with Gasteiger partial charge in [0.2, 0.25) is 0 Å². The third kappa shape index (κ3) is 9.77. The van der Waals surface area contributed by atoms with Crippen LogP contribution in [0.25, 0.3) is 0 Å². The lowest BCUT2D eigenvalue weighted by Crippen LogP contribution is -2.14. The molecular formula is C26H42O4. The van der Waals surface area contributed by atoms with E-state index in [0.29, 0.717) is 6.42 Å². The maximum atomic E-state index is 11.9. The Kier molecular flexibility index (Phi) is 13.9. The van der Waals surface area contributed by atoms with E-state index in [4.69, 9.17) is 0 Å². The minimum absolute atomic E-state index is 0.00594. The molecule has 0 aliphatic heterocycles. The molecule has 0 radical (unpaired) electrons. The van der Waals surface area contributed by atoms with Crippen LogP contribution in [0.3, 0.4) is 0 Å². The maximum Gasteiger partial charge on any atom is 0.336 e. The first-order valence-corrected chi connectivity index (χ1v) is 12.1. The van der Waals surface area contributed by atoms with Gasteiger partial charge in [0.1, 0.15) is 0 Å². The van der Waals surface area contributed by atoms with Gasteiger partial charge in [0.05, 0.1) is 11.1 Å². The molecule has 0 aliphatic carbocycles. The lowest BCUT2D eigenvalue weighted by Gasteiger charge is -2.15. The molecule has 0 bridgehead atoms. The lowest BCUT2D eigenvalue weighted by atomic mass is 9.89. The van der Waals surface area contributed by atoms with E-state index in [-0.39, 0.29) is 11.1 Å². The summed E-state index contributed by atoms with van der Waals surface area (Å²) in [5.74, 6) is -2.28. The van der Waals surface area contributed by atoms with E-state index in [9.17, 15) is 19.8 Å². The molecule has 0 unspecified atom stereocenters. The first kappa shape index (κ1) is 26.2. The number of carboxylic acids is 2. The molecule has 30 heavy (non-hydrogen) atoms. The number of rotatable bonds is 18. The van der Waals surface area contributed by atoms with Crippen molar-refractivity contribution in [2.75, 3.05) is 0 Å². The number of hydrogen-bond donors (Lipinski definition) is 2. The van der Waals surface area contributed by atoms with Crippen LogP contribution in [0.5, 0.6) is 0 Å². The first-order valence-electron chi connectivity index (χ1n) is 12.1. The van der Waals surface area contributed by atoms with E-state index in [1.54, 1.807) is 0 Å². The molecule has 0 aromatic heterocycles. The van der Waals surface area contributed by atoms with Gasteiger partial charge < -0.3 is 10.2 Å². The van der Waals surface area contributed by atoms with Gasteiger partial charge >= 0.3 is 11.9 Å². The van der Waals surface area contributed by atoms with E-state index in [2.05, 4.69) is 13.8 Å². The SMILES string of the molecule is CCCCCCCCCCCCc1c(CCCCCC)ccc(C(=O)O)c1C(=O)O. The maximum absolute atomic E-state index is 11.9. The fraction of sp³-hybridized carbons (Fsp3) is 0.692. The molecule has 1 rings (SSSR count). The quantitative estimate of drug-likeness (QED) is 0.240. The largest absolute Gasteiger partial charge is 0.478 e. The molecule has 4 heteroatoms. The van der Waals surface area contributed by atoms with Crippen LogP contribution in [-0.2, 0) is 12.8 Å². The average molecular weight is 419 g/mol. The molecule has 0 heterocycles. The molecule has 4 nitrogen and oxygen atoms in total.